The van der Waals surface area contributed by atoms with Crippen molar-refractivity contribution in [3.8, 4) is 0 Å². The first-order chi connectivity index (χ1) is 17.3. The van der Waals surface area contributed by atoms with Gasteiger partial charge in [0.2, 0.25) is 5.91 Å². The number of aromatic nitrogens is 1. The SMILES string of the molecule is Cc1[nH]c(C=C2C(=O)Nc3ccc(C(=O)NC4(c5ccccc5)COC4)cc32)c(C)c1NC(=O)CCl. The summed E-state index contributed by atoms with van der Waals surface area (Å²) in [5.74, 6) is -0.986. The van der Waals surface area contributed by atoms with Crippen molar-refractivity contribution in [3.05, 3.63) is 82.2 Å². The summed E-state index contributed by atoms with van der Waals surface area (Å²) < 4.78 is 5.44. The van der Waals surface area contributed by atoms with Gasteiger partial charge in [0.1, 0.15) is 11.4 Å². The fourth-order valence-electron chi connectivity index (χ4n) is 4.56. The van der Waals surface area contributed by atoms with Crippen LogP contribution in [0.2, 0.25) is 0 Å². The maximum atomic E-state index is 13.3. The van der Waals surface area contributed by atoms with Gasteiger partial charge in [-0.25, -0.2) is 0 Å². The summed E-state index contributed by atoms with van der Waals surface area (Å²) in [5, 5.41) is 8.76. The molecule has 8 nitrogen and oxygen atoms in total. The Morgan fingerprint density at radius 1 is 1.14 bits per heavy atom. The Labute approximate surface area is 213 Å². The van der Waals surface area contributed by atoms with Gasteiger partial charge in [0, 0.05) is 28.2 Å². The van der Waals surface area contributed by atoms with Crippen LogP contribution in [0.15, 0.2) is 48.5 Å². The van der Waals surface area contributed by atoms with E-state index in [9.17, 15) is 14.4 Å². The minimum Gasteiger partial charge on any atom is -0.376 e. The number of H-pyrrole nitrogens is 1. The third kappa shape index (κ3) is 4.19. The third-order valence-electron chi connectivity index (χ3n) is 6.59. The topological polar surface area (TPSA) is 112 Å². The van der Waals surface area contributed by atoms with Gasteiger partial charge in [-0.3, -0.25) is 14.4 Å². The van der Waals surface area contributed by atoms with E-state index >= 15 is 0 Å². The molecule has 36 heavy (non-hydrogen) atoms. The van der Waals surface area contributed by atoms with Crippen LogP contribution in [0.5, 0.6) is 0 Å². The van der Waals surface area contributed by atoms with Crippen LogP contribution in [0, 0.1) is 13.8 Å². The molecule has 0 bridgehead atoms. The van der Waals surface area contributed by atoms with Crippen LogP contribution in [0.25, 0.3) is 11.6 Å². The van der Waals surface area contributed by atoms with E-state index in [1.165, 1.54) is 0 Å². The summed E-state index contributed by atoms with van der Waals surface area (Å²) in [6.45, 7) is 4.47. The fraction of sp³-hybridized carbons (Fsp3) is 0.222. The number of halogens is 1. The monoisotopic (exact) mass is 504 g/mol. The number of hydrogen-bond acceptors (Lipinski definition) is 4. The van der Waals surface area contributed by atoms with Crippen molar-refractivity contribution < 1.29 is 19.1 Å². The summed E-state index contributed by atoms with van der Waals surface area (Å²) in [5.41, 5.74) is 5.37. The molecular weight excluding hydrogens is 480 g/mol. The number of carbonyl (C=O) groups is 3. The number of carbonyl (C=O) groups excluding carboxylic acids is 3. The Kier molecular flexibility index (Phi) is 6.15. The largest absolute Gasteiger partial charge is 0.376 e. The van der Waals surface area contributed by atoms with Crippen LogP contribution >= 0.6 is 11.6 Å². The minimum atomic E-state index is -0.577. The van der Waals surface area contributed by atoms with Crippen LogP contribution in [-0.4, -0.2) is 41.8 Å². The molecule has 0 radical (unpaired) electrons. The maximum absolute atomic E-state index is 13.3. The number of anilines is 2. The number of benzene rings is 2. The second kappa shape index (κ2) is 9.29. The van der Waals surface area contributed by atoms with Crippen molar-refractivity contribution in [1.82, 2.24) is 10.3 Å². The van der Waals surface area contributed by atoms with Crippen LogP contribution in [0.1, 0.15) is 38.4 Å². The van der Waals surface area contributed by atoms with Crippen LogP contribution < -0.4 is 16.0 Å². The lowest BCUT2D eigenvalue weighted by Crippen LogP contribution is -2.59. The number of fused-ring (bicyclic) bond motifs is 1. The van der Waals surface area contributed by atoms with Crippen LogP contribution in [-0.2, 0) is 19.9 Å². The third-order valence-corrected chi connectivity index (χ3v) is 6.83. The molecule has 2 aliphatic heterocycles. The molecule has 1 fully saturated rings. The fourth-order valence-corrected chi connectivity index (χ4v) is 4.63. The first-order valence-corrected chi connectivity index (χ1v) is 12.0. The number of ether oxygens (including phenoxy) is 1. The highest BCUT2D eigenvalue weighted by molar-refractivity contribution is 6.35. The Morgan fingerprint density at radius 3 is 2.56 bits per heavy atom. The van der Waals surface area contributed by atoms with Gasteiger partial charge in [0.25, 0.3) is 11.8 Å². The van der Waals surface area contributed by atoms with Gasteiger partial charge in [-0.1, -0.05) is 30.3 Å². The number of aryl methyl sites for hydroxylation is 1. The lowest BCUT2D eigenvalue weighted by molar-refractivity contribution is -0.114. The molecule has 0 atom stereocenters. The summed E-state index contributed by atoms with van der Waals surface area (Å²) in [6, 6.07) is 14.9. The number of alkyl halides is 1. The minimum absolute atomic E-state index is 0.154. The molecule has 0 saturated carbocycles. The van der Waals surface area contributed by atoms with Gasteiger partial charge in [-0.15, -0.1) is 11.6 Å². The van der Waals surface area contributed by atoms with E-state index in [1.54, 1.807) is 24.3 Å². The Balaban J connectivity index is 1.45. The summed E-state index contributed by atoms with van der Waals surface area (Å²) >= 11 is 5.63. The van der Waals surface area contributed by atoms with E-state index < -0.39 is 5.54 Å². The molecule has 184 valence electrons. The van der Waals surface area contributed by atoms with E-state index in [4.69, 9.17) is 16.3 Å². The Bertz CT molecular complexity index is 1410. The zero-order valence-corrected chi connectivity index (χ0v) is 20.6. The number of hydrogen-bond donors (Lipinski definition) is 4. The molecule has 2 aliphatic rings. The molecule has 5 rings (SSSR count). The second-order valence-electron chi connectivity index (χ2n) is 9.01. The Hall–Kier alpha value is -3.88. The van der Waals surface area contributed by atoms with E-state index in [2.05, 4.69) is 20.9 Å². The molecule has 4 N–H and O–H groups in total. The molecule has 1 saturated heterocycles. The lowest BCUT2D eigenvalue weighted by Gasteiger charge is -2.42. The van der Waals surface area contributed by atoms with Gasteiger partial charge in [0.15, 0.2) is 0 Å². The first-order valence-electron chi connectivity index (χ1n) is 11.5. The van der Waals surface area contributed by atoms with Gasteiger partial charge in [-0.05, 0) is 49.2 Å². The Morgan fingerprint density at radius 2 is 1.89 bits per heavy atom. The van der Waals surface area contributed by atoms with Crippen molar-refractivity contribution in [3.63, 3.8) is 0 Å². The number of aromatic amines is 1. The molecule has 3 heterocycles. The van der Waals surface area contributed by atoms with Gasteiger partial charge >= 0.3 is 0 Å². The average molecular weight is 505 g/mol. The predicted molar refractivity (Wildman–Crippen MR) is 139 cm³/mol. The molecule has 0 spiro atoms. The summed E-state index contributed by atoms with van der Waals surface area (Å²) in [7, 11) is 0. The molecule has 0 aliphatic carbocycles. The van der Waals surface area contributed by atoms with Crippen LogP contribution in [0.4, 0.5) is 11.4 Å². The quantitative estimate of drug-likeness (QED) is 0.300. The standard InChI is InChI=1S/C27H25ClN4O4/c1-15-22(29-16(2)24(15)31-23(33)12-28)11-20-19-10-17(8-9-21(19)30-26(20)35)25(34)32-27(13-36-14-27)18-6-4-3-5-7-18/h3-11,29H,12-14H2,1-2H3,(H,30,35)(H,31,33)(H,32,34). The predicted octanol–water partition coefficient (Wildman–Crippen LogP) is 3.96. The molecule has 3 amide bonds. The van der Waals surface area contributed by atoms with Gasteiger partial charge in [-0.2, -0.15) is 0 Å². The van der Waals surface area contributed by atoms with Gasteiger partial charge in [0.05, 0.1) is 24.5 Å². The highest BCUT2D eigenvalue weighted by Gasteiger charge is 2.42. The van der Waals surface area contributed by atoms with E-state index in [0.29, 0.717) is 47.0 Å². The number of rotatable bonds is 6. The molecule has 0 unspecified atom stereocenters. The number of nitrogens with one attached hydrogen (secondary N) is 4. The van der Waals surface area contributed by atoms with Crippen molar-refractivity contribution in [1.29, 1.82) is 0 Å². The van der Waals surface area contributed by atoms with Crippen LogP contribution in [0.3, 0.4) is 0 Å². The average Bonchev–Trinajstić information content (AvgIpc) is 3.31. The molecule has 1 aromatic heterocycles. The second-order valence-corrected chi connectivity index (χ2v) is 9.28. The van der Waals surface area contributed by atoms with Crippen molar-refractivity contribution in [2.45, 2.75) is 19.4 Å². The summed E-state index contributed by atoms with van der Waals surface area (Å²) in [4.78, 5) is 41.1. The van der Waals surface area contributed by atoms with Gasteiger partial charge < -0.3 is 25.7 Å². The maximum Gasteiger partial charge on any atom is 0.256 e. The van der Waals surface area contributed by atoms with Crippen molar-refractivity contribution >= 4 is 52.3 Å². The molecule has 2 aromatic carbocycles. The highest BCUT2D eigenvalue weighted by atomic mass is 35.5. The van der Waals surface area contributed by atoms with Crippen molar-refractivity contribution in [2.24, 2.45) is 0 Å². The van der Waals surface area contributed by atoms with E-state index in [1.807, 2.05) is 44.2 Å². The lowest BCUT2D eigenvalue weighted by atomic mass is 9.87. The highest BCUT2D eigenvalue weighted by Crippen LogP contribution is 2.36. The van der Waals surface area contributed by atoms with E-state index in [-0.39, 0.29) is 23.6 Å². The molecular formula is C27H25ClN4O4. The summed E-state index contributed by atoms with van der Waals surface area (Å²) in [6.07, 6.45) is 1.73. The molecule has 9 heteroatoms. The van der Waals surface area contributed by atoms with Crippen molar-refractivity contribution in [2.75, 3.05) is 29.7 Å². The normalized spacial score (nSPS) is 16.8. The zero-order chi connectivity index (χ0) is 25.4. The number of amides is 3. The zero-order valence-electron chi connectivity index (χ0n) is 19.8. The smallest absolute Gasteiger partial charge is 0.256 e. The molecule has 3 aromatic rings. The van der Waals surface area contributed by atoms with E-state index in [0.717, 1.165) is 16.8 Å². The first kappa shape index (κ1) is 23.8.